The highest BCUT2D eigenvalue weighted by molar-refractivity contribution is 7.14. The van der Waals surface area contributed by atoms with E-state index in [1.807, 2.05) is 48.5 Å². The molecule has 1 heterocycles. The zero-order valence-corrected chi connectivity index (χ0v) is 13.7. The van der Waals surface area contributed by atoms with Crippen molar-refractivity contribution in [3.05, 3.63) is 34.7 Å². The molecule has 0 atom stereocenters. The normalized spacial score (nSPS) is 11.7. The first kappa shape index (κ1) is 16.2. The number of aliphatic hydroxyl groups is 2. The van der Waals surface area contributed by atoms with Gasteiger partial charge in [0.1, 0.15) is 0 Å². The Balaban J connectivity index is 2.18. The Hall–Kier alpha value is -1.14. The number of aliphatic hydroxyl groups excluding tert-OH is 2. The molecule has 114 valence electrons. The largest absolute Gasteiger partial charge is 0.396 e. The monoisotopic (exact) mass is 326 g/mol. The maximum Gasteiger partial charge on any atom is 0.185 e. The van der Waals surface area contributed by atoms with Gasteiger partial charge in [0.15, 0.2) is 5.13 Å². The lowest BCUT2D eigenvalue weighted by molar-refractivity contribution is 0.0763. The van der Waals surface area contributed by atoms with Crippen molar-refractivity contribution in [1.82, 2.24) is 4.98 Å². The van der Waals surface area contributed by atoms with Gasteiger partial charge in [-0.25, -0.2) is 4.98 Å². The molecule has 0 spiro atoms. The van der Waals surface area contributed by atoms with Crippen molar-refractivity contribution in [2.75, 3.05) is 31.7 Å². The van der Waals surface area contributed by atoms with Gasteiger partial charge in [0.2, 0.25) is 0 Å². The molecule has 0 saturated carbocycles. The van der Waals surface area contributed by atoms with Crippen LogP contribution in [0.15, 0.2) is 29.6 Å². The summed E-state index contributed by atoms with van der Waals surface area (Å²) in [5.41, 5.74) is 1.19. The van der Waals surface area contributed by atoms with Gasteiger partial charge in [0.05, 0.1) is 18.9 Å². The third-order valence-corrected chi connectivity index (χ3v) is 4.64. The summed E-state index contributed by atoms with van der Waals surface area (Å²) in [4.78, 5) is 6.53. The number of hydrogen-bond acceptors (Lipinski definition) is 5. The van der Waals surface area contributed by atoms with Gasteiger partial charge < -0.3 is 15.1 Å². The van der Waals surface area contributed by atoms with E-state index in [4.69, 9.17) is 11.6 Å². The second-order valence-electron chi connectivity index (χ2n) is 5.48. The van der Waals surface area contributed by atoms with Gasteiger partial charge in [-0.2, -0.15) is 0 Å². The van der Waals surface area contributed by atoms with Crippen molar-refractivity contribution in [2.24, 2.45) is 5.41 Å². The SMILES string of the molecule is CN(CC(C)(CO)CO)c1nc(-c2ccccc2Cl)cs1. The van der Waals surface area contributed by atoms with Crippen molar-refractivity contribution in [3.63, 3.8) is 0 Å². The number of hydrogen-bond donors (Lipinski definition) is 2. The fraction of sp³-hybridized carbons (Fsp3) is 0.400. The zero-order valence-electron chi connectivity index (χ0n) is 12.1. The van der Waals surface area contributed by atoms with Crippen molar-refractivity contribution in [2.45, 2.75) is 6.92 Å². The van der Waals surface area contributed by atoms with Crippen molar-refractivity contribution < 1.29 is 10.2 Å². The number of rotatable bonds is 6. The van der Waals surface area contributed by atoms with Gasteiger partial charge in [0.25, 0.3) is 0 Å². The number of anilines is 1. The minimum atomic E-state index is -0.551. The molecule has 0 bridgehead atoms. The molecule has 2 N–H and O–H groups in total. The second kappa shape index (κ2) is 6.75. The van der Waals surface area contributed by atoms with E-state index in [9.17, 15) is 10.2 Å². The number of aromatic nitrogens is 1. The third kappa shape index (κ3) is 3.74. The average Bonchev–Trinajstić information content (AvgIpc) is 2.97. The quantitative estimate of drug-likeness (QED) is 0.857. The zero-order chi connectivity index (χ0) is 15.5. The van der Waals surface area contributed by atoms with Crippen LogP contribution in [0, 0.1) is 5.41 Å². The molecule has 6 heteroatoms. The fourth-order valence-electron chi connectivity index (χ4n) is 2.02. The lowest BCUT2D eigenvalue weighted by Crippen LogP contribution is -2.39. The van der Waals surface area contributed by atoms with Gasteiger partial charge in [0, 0.05) is 35.0 Å². The van der Waals surface area contributed by atoms with Crippen LogP contribution in [0.2, 0.25) is 5.02 Å². The number of nitrogens with zero attached hydrogens (tertiary/aromatic N) is 2. The van der Waals surface area contributed by atoms with Crippen LogP contribution in [0.4, 0.5) is 5.13 Å². The van der Waals surface area contributed by atoms with Crippen LogP contribution >= 0.6 is 22.9 Å². The van der Waals surface area contributed by atoms with E-state index >= 15 is 0 Å². The molecule has 21 heavy (non-hydrogen) atoms. The summed E-state index contributed by atoms with van der Waals surface area (Å²) in [6.07, 6.45) is 0. The molecule has 1 aromatic heterocycles. The predicted octanol–water partition coefficient (Wildman–Crippen LogP) is 2.89. The molecule has 0 aliphatic carbocycles. The smallest absolute Gasteiger partial charge is 0.185 e. The first-order valence-electron chi connectivity index (χ1n) is 6.62. The van der Waals surface area contributed by atoms with E-state index in [0.29, 0.717) is 11.6 Å². The average molecular weight is 327 g/mol. The van der Waals surface area contributed by atoms with Gasteiger partial charge in [-0.3, -0.25) is 0 Å². The van der Waals surface area contributed by atoms with Gasteiger partial charge >= 0.3 is 0 Å². The van der Waals surface area contributed by atoms with E-state index in [1.54, 1.807) is 0 Å². The van der Waals surface area contributed by atoms with Crippen LogP contribution in [0.25, 0.3) is 11.3 Å². The minimum absolute atomic E-state index is 0.0728. The van der Waals surface area contributed by atoms with Crippen molar-refractivity contribution in [1.29, 1.82) is 0 Å². The van der Waals surface area contributed by atoms with Crippen molar-refractivity contribution >= 4 is 28.1 Å². The van der Waals surface area contributed by atoms with Crippen LogP contribution < -0.4 is 4.90 Å². The summed E-state index contributed by atoms with van der Waals surface area (Å²) in [5, 5.41) is 22.2. The Morgan fingerprint density at radius 1 is 1.29 bits per heavy atom. The molecule has 2 aromatic rings. The summed E-state index contributed by atoms with van der Waals surface area (Å²) in [7, 11) is 1.90. The van der Waals surface area contributed by atoms with Crippen LogP contribution in [0.3, 0.4) is 0 Å². The highest BCUT2D eigenvalue weighted by Gasteiger charge is 2.25. The lowest BCUT2D eigenvalue weighted by Gasteiger charge is -2.30. The molecule has 2 rings (SSSR count). The molecule has 1 aromatic carbocycles. The van der Waals surface area contributed by atoms with Crippen LogP contribution in [-0.4, -0.2) is 42.0 Å². The summed E-state index contributed by atoms with van der Waals surface area (Å²) < 4.78 is 0. The van der Waals surface area contributed by atoms with Gasteiger partial charge in [-0.05, 0) is 6.07 Å². The molecule has 0 saturated heterocycles. The van der Waals surface area contributed by atoms with E-state index in [-0.39, 0.29) is 13.2 Å². The maximum absolute atomic E-state index is 9.38. The first-order chi connectivity index (χ1) is 9.99. The molecule has 0 fully saturated rings. The third-order valence-electron chi connectivity index (χ3n) is 3.35. The van der Waals surface area contributed by atoms with E-state index in [2.05, 4.69) is 4.98 Å². The number of benzene rings is 1. The standard InChI is InChI=1S/C15H19ClN2O2S/c1-15(9-19,10-20)8-18(2)14-17-13(7-21-14)11-5-3-4-6-12(11)16/h3-7,19-20H,8-10H2,1-2H3. The Kier molecular flexibility index (Phi) is 5.22. The Bertz CT molecular complexity index is 599. The Labute approximate surface area is 133 Å². The van der Waals surface area contributed by atoms with E-state index in [0.717, 1.165) is 16.4 Å². The molecular weight excluding hydrogens is 308 g/mol. The number of thiazole rings is 1. The van der Waals surface area contributed by atoms with Crippen LogP contribution in [-0.2, 0) is 0 Å². The Morgan fingerprint density at radius 2 is 1.95 bits per heavy atom. The molecule has 0 radical (unpaired) electrons. The molecule has 0 unspecified atom stereocenters. The molecule has 0 amide bonds. The maximum atomic E-state index is 9.38. The van der Waals surface area contributed by atoms with Crippen LogP contribution in [0.1, 0.15) is 6.92 Å². The summed E-state index contributed by atoms with van der Waals surface area (Å²) in [5.74, 6) is 0. The molecule has 0 aliphatic heterocycles. The highest BCUT2D eigenvalue weighted by atomic mass is 35.5. The number of halogens is 1. The molecular formula is C15H19ClN2O2S. The Morgan fingerprint density at radius 3 is 2.57 bits per heavy atom. The minimum Gasteiger partial charge on any atom is -0.396 e. The van der Waals surface area contributed by atoms with E-state index < -0.39 is 5.41 Å². The molecule has 0 aliphatic rings. The molecule has 4 nitrogen and oxygen atoms in total. The van der Waals surface area contributed by atoms with Crippen molar-refractivity contribution in [3.8, 4) is 11.3 Å². The van der Waals surface area contributed by atoms with Gasteiger partial charge in [-0.15, -0.1) is 11.3 Å². The van der Waals surface area contributed by atoms with Crippen LogP contribution in [0.5, 0.6) is 0 Å². The lowest BCUT2D eigenvalue weighted by atomic mass is 9.93. The first-order valence-corrected chi connectivity index (χ1v) is 7.88. The topological polar surface area (TPSA) is 56.6 Å². The van der Waals surface area contributed by atoms with E-state index in [1.165, 1.54) is 11.3 Å². The second-order valence-corrected chi connectivity index (χ2v) is 6.72. The fourth-order valence-corrected chi connectivity index (χ4v) is 3.05. The summed E-state index contributed by atoms with van der Waals surface area (Å²) >= 11 is 7.70. The van der Waals surface area contributed by atoms with Gasteiger partial charge in [-0.1, -0.05) is 36.7 Å². The summed E-state index contributed by atoms with van der Waals surface area (Å²) in [6, 6.07) is 7.60. The highest BCUT2D eigenvalue weighted by Crippen LogP contribution is 2.32. The summed E-state index contributed by atoms with van der Waals surface area (Å²) in [6.45, 7) is 2.22. The predicted molar refractivity (Wildman–Crippen MR) is 88.1 cm³/mol.